The van der Waals surface area contributed by atoms with Crippen molar-refractivity contribution in [2.24, 2.45) is 0 Å². The van der Waals surface area contributed by atoms with Crippen LogP contribution in [0.2, 0.25) is 0 Å². The van der Waals surface area contributed by atoms with Crippen LogP contribution in [0, 0.1) is 0 Å². The van der Waals surface area contributed by atoms with Crippen molar-refractivity contribution in [3.63, 3.8) is 0 Å². The molecule has 1 atom stereocenters. The second-order valence-corrected chi connectivity index (χ2v) is 3.74. The van der Waals surface area contributed by atoms with Gasteiger partial charge in [-0.25, -0.2) is 4.98 Å². The number of hydrogen-bond acceptors (Lipinski definition) is 3. The van der Waals surface area contributed by atoms with E-state index in [-0.39, 0.29) is 23.2 Å². The summed E-state index contributed by atoms with van der Waals surface area (Å²) in [4.78, 5) is 28.7. The maximum absolute atomic E-state index is 11.7. The van der Waals surface area contributed by atoms with Crippen LogP contribution in [0.15, 0.2) is 29.3 Å². The predicted molar refractivity (Wildman–Crippen MR) is 59.1 cm³/mol. The highest BCUT2D eigenvalue weighted by atomic mass is 16.2. The van der Waals surface area contributed by atoms with E-state index in [0.717, 1.165) is 25.5 Å². The molecule has 0 bridgehead atoms. The van der Waals surface area contributed by atoms with Crippen LogP contribution < -0.4 is 10.9 Å². The van der Waals surface area contributed by atoms with Gasteiger partial charge in [-0.3, -0.25) is 9.59 Å². The molecule has 0 aromatic carbocycles. The van der Waals surface area contributed by atoms with Crippen LogP contribution in [0.5, 0.6) is 0 Å². The van der Waals surface area contributed by atoms with Crippen LogP contribution in [0.25, 0.3) is 0 Å². The number of H-pyrrole nitrogens is 1. The summed E-state index contributed by atoms with van der Waals surface area (Å²) in [6.45, 7) is 0. The average molecular weight is 219 g/mol. The Balaban J connectivity index is 2.02. The highest BCUT2D eigenvalue weighted by Gasteiger charge is 2.13. The molecule has 0 spiro atoms. The first-order valence-corrected chi connectivity index (χ1v) is 5.28. The number of aromatic amines is 1. The van der Waals surface area contributed by atoms with Crippen molar-refractivity contribution in [2.75, 3.05) is 0 Å². The fourth-order valence-electron chi connectivity index (χ4n) is 1.64. The molecular formula is C11H13N3O2. The Labute approximate surface area is 92.6 Å². The number of rotatable bonds is 2. The maximum atomic E-state index is 11.7. The number of nitrogens with one attached hydrogen (secondary N) is 2. The third-order valence-corrected chi connectivity index (χ3v) is 2.48. The zero-order chi connectivity index (χ0) is 11.4. The molecule has 0 saturated heterocycles. The zero-order valence-corrected chi connectivity index (χ0v) is 8.77. The van der Waals surface area contributed by atoms with Gasteiger partial charge in [0.2, 0.25) is 0 Å². The lowest BCUT2D eigenvalue weighted by Crippen LogP contribution is -2.35. The Kier molecular flexibility index (Phi) is 3.14. The number of allylic oxidation sites excluding steroid dienone is 1. The number of nitrogens with zero attached hydrogens (tertiary/aromatic N) is 1. The molecule has 16 heavy (non-hydrogen) atoms. The van der Waals surface area contributed by atoms with Crippen molar-refractivity contribution in [2.45, 2.75) is 25.3 Å². The molecule has 0 fully saturated rings. The second kappa shape index (κ2) is 4.74. The summed E-state index contributed by atoms with van der Waals surface area (Å²) in [6, 6.07) is 0.0787. The van der Waals surface area contributed by atoms with Crippen LogP contribution in [-0.4, -0.2) is 21.9 Å². The van der Waals surface area contributed by atoms with Gasteiger partial charge in [-0.2, -0.15) is 0 Å². The van der Waals surface area contributed by atoms with Crippen LogP contribution >= 0.6 is 0 Å². The van der Waals surface area contributed by atoms with Gasteiger partial charge in [0, 0.05) is 12.2 Å². The normalized spacial score (nSPS) is 19.4. The summed E-state index contributed by atoms with van der Waals surface area (Å²) < 4.78 is 0. The van der Waals surface area contributed by atoms with Gasteiger partial charge in [-0.05, 0) is 19.3 Å². The Hall–Kier alpha value is -1.91. The van der Waals surface area contributed by atoms with Crippen molar-refractivity contribution in [1.29, 1.82) is 0 Å². The van der Waals surface area contributed by atoms with Crippen molar-refractivity contribution in [1.82, 2.24) is 15.3 Å². The molecule has 1 unspecified atom stereocenters. The lowest BCUT2D eigenvalue weighted by Gasteiger charge is -2.17. The number of aromatic nitrogens is 2. The van der Waals surface area contributed by atoms with Gasteiger partial charge >= 0.3 is 0 Å². The quantitative estimate of drug-likeness (QED) is 0.715. The first kappa shape index (κ1) is 10.6. The molecule has 1 aliphatic carbocycles. The number of hydrogen-bond donors (Lipinski definition) is 2. The van der Waals surface area contributed by atoms with Crippen molar-refractivity contribution in [3.05, 3.63) is 40.6 Å². The van der Waals surface area contributed by atoms with Gasteiger partial charge in [0.25, 0.3) is 11.5 Å². The predicted octanol–water partition coefficient (Wildman–Crippen LogP) is 0.608. The van der Waals surface area contributed by atoms with Crippen LogP contribution in [0.1, 0.15) is 29.8 Å². The van der Waals surface area contributed by atoms with E-state index in [1.165, 1.54) is 6.20 Å². The summed E-state index contributed by atoms with van der Waals surface area (Å²) in [5, 5.41) is 2.84. The van der Waals surface area contributed by atoms with E-state index in [2.05, 4.69) is 21.4 Å². The molecular weight excluding hydrogens is 206 g/mol. The van der Waals surface area contributed by atoms with Crippen molar-refractivity contribution >= 4 is 5.91 Å². The minimum Gasteiger partial charge on any atom is -0.344 e. The van der Waals surface area contributed by atoms with Crippen LogP contribution in [-0.2, 0) is 0 Å². The van der Waals surface area contributed by atoms with E-state index in [9.17, 15) is 9.59 Å². The minimum atomic E-state index is -0.311. The average Bonchev–Trinajstić information content (AvgIpc) is 2.31. The Morgan fingerprint density at radius 1 is 1.56 bits per heavy atom. The number of carbonyl (C=O) groups excluding carboxylic acids is 1. The van der Waals surface area contributed by atoms with Gasteiger partial charge in [-0.15, -0.1) is 0 Å². The highest BCUT2D eigenvalue weighted by molar-refractivity contribution is 5.92. The van der Waals surface area contributed by atoms with E-state index in [0.29, 0.717) is 0 Å². The third-order valence-electron chi connectivity index (χ3n) is 2.48. The molecule has 5 heteroatoms. The van der Waals surface area contributed by atoms with Gasteiger partial charge in [0.05, 0.1) is 6.20 Å². The maximum Gasteiger partial charge on any atom is 0.271 e. The second-order valence-electron chi connectivity index (χ2n) is 3.74. The molecule has 0 radical (unpaired) electrons. The topological polar surface area (TPSA) is 74.8 Å². The highest BCUT2D eigenvalue weighted by Crippen LogP contribution is 2.10. The van der Waals surface area contributed by atoms with E-state index >= 15 is 0 Å². The lowest BCUT2D eigenvalue weighted by molar-refractivity contribution is 0.0936. The summed E-state index contributed by atoms with van der Waals surface area (Å²) in [6.07, 6.45) is 9.59. The first-order valence-electron chi connectivity index (χ1n) is 5.28. The lowest BCUT2D eigenvalue weighted by atomic mass is 10.0. The fraction of sp³-hybridized carbons (Fsp3) is 0.364. The fourth-order valence-corrected chi connectivity index (χ4v) is 1.64. The molecule has 2 rings (SSSR count). The van der Waals surface area contributed by atoms with Gasteiger partial charge in [0.15, 0.2) is 0 Å². The molecule has 84 valence electrons. The van der Waals surface area contributed by atoms with E-state index in [1.807, 2.05) is 6.08 Å². The van der Waals surface area contributed by atoms with Crippen molar-refractivity contribution in [3.8, 4) is 0 Å². The molecule has 1 aromatic rings. The molecule has 1 aromatic heterocycles. The molecule has 0 saturated carbocycles. The Morgan fingerprint density at radius 3 is 3.06 bits per heavy atom. The van der Waals surface area contributed by atoms with E-state index in [4.69, 9.17) is 0 Å². The van der Waals surface area contributed by atoms with Gasteiger partial charge < -0.3 is 10.3 Å². The standard InChI is InChI=1S/C11H13N3O2/c15-10-7-12-9(6-13-10)11(16)14-8-4-2-1-3-5-8/h2,4,6-8H,1,3,5H2,(H,13,15)(H,14,16). The SMILES string of the molecule is O=C(NC1C=CCCC1)c1c[nH]c(=O)cn1. The molecule has 2 N–H and O–H groups in total. The molecule has 1 aliphatic rings. The molecule has 0 aliphatic heterocycles. The number of amides is 1. The van der Waals surface area contributed by atoms with Gasteiger partial charge in [0.1, 0.15) is 5.69 Å². The number of carbonyl (C=O) groups is 1. The van der Waals surface area contributed by atoms with Crippen molar-refractivity contribution < 1.29 is 4.79 Å². The minimum absolute atomic E-state index is 0.0787. The van der Waals surface area contributed by atoms with Gasteiger partial charge in [-0.1, -0.05) is 12.2 Å². The Bertz CT molecular complexity index is 444. The summed E-state index contributed by atoms with van der Waals surface area (Å²) in [7, 11) is 0. The summed E-state index contributed by atoms with van der Waals surface area (Å²) in [5.74, 6) is -0.257. The van der Waals surface area contributed by atoms with E-state index < -0.39 is 0 Å². The molecule has 5 nitrogen and oxygen atoms in total. The van der Waals surface area contributed by atoms with E-state index in [1.54, 1.807) is 0 Å². The zero-order valence-electron chi connectivity index (χ0n) is 8.77. The smallest absolute Gasteiger partial charge is 0.271 e. The largest absolute Gasteiger partial charge is 0.344 e. The first-order chi connectivity index (χ1) is 7.75. The Morgan fingerprint density at radius 2 is 2.44 bits per heavy atom. The summed E-state index contributed by atoms with van der Waals surface area (Å²) >= 11 is 0. The monoisotopic (exact) mass is 219 g/mol. The summed E-state index contributed by atoms with van der Waals surface area (Å²) in [5.41, 5.74) is -0.0762. The third kappa shape index (κ3) is 2.56. The van der Waals surface area contributed by atoms with Crippen LogP contribution in [0.3, 0.4) is 0 Å². The molecule has 1 amide bonds. The van der Waals surface area contributed by atoms with Crippen LogP contribution in [0.4, 0.5) is 0 Å². The molecule has 1 heterocycles.